The first kappa shape index (κ1) is 17.8. The first-order chi connectivity index (χ1) is 12.1. The van der Waals surface area contributed by atoms with Crippen molar-refractivity contribution in [3.05, 3.63) is 18.2 Å². The second-order valence-electron chi connectivity index (χ2n) is 6.86. The number of nitrogens with zero attached hydrogens (tertiary/aromatic N) is 4. The van der Waals surface area contributed by atoms with Crippen LogP contribution < -0.4 is 5.32 Å². The second kappa shape index (κ2) is 7.91. The molecule has 2 aliphatic heterocycles. The Balaban J connectivity index is 1.54. The number of aromatic nitrogens is 2. The summed E-state index contributed by atoms with van der Waals surface area (Å²) in [5, 5.41) is 2.84. The summed E-state index contributed by atoms with van der Waals surface area (Å²) in [6.07, 6.45) is 6.62. The molecule has 0 unspecified atom stereocenters. The molecule has 0 aromatic carbocycles. The maximum absolute atomic E-state index is 12.5. The number of hydrogen-bond acceptors (Lipinski definition) is 5. The summed E-state index contributed by atoms with van der Waals surface area (Å²) >= 11 is 0. The number of nitrogens with one attached hydrogen (secondary N) is 1. The van der Waals surface area contributed by atoms with Crippen LogP contribution in [-0.4, -0.2) is 63.8 Å². The van der Waals surface area contributed by atoms with Crippen molar-refractivity contribution in [2.45, 2.75) is 45.6 Å². The third kappa shape index (κ3) is 4.15. The minimum absolute atomic E-state index is 0.0840. The lowest BCUT2D eigenvalue weighted by Crippen LogP contribution is -2.41. The zero-order valence-electron chi connectivity index (χ0n) is 15.1. The van der Waals surface area contributed by atoms with Crippen LogP contribution in [0.15, 0.2) is 12.4 Å². The topological polar surface area (TPSA) is 78.4 Å². The van der Waals surface area contributed by atoms with E-state index >= 15 is 0 Å². The van der Waals surface area contributed by atoms with Crippen molar-refractivity contribution in [3.8, 4) is 0 Å². The molecule has 1 N–H and O–H groups in total. The number of likely N-dealkylation sites (tertiary alicyclic amines) is 2. The summed E-state index contributed by atoms with van der Waals surface area (Å²) in [5.74, 6) is 0.412. The fraction of sp³-hybridized carbons (Fsp3) is 0.667. The standard InChI is InChI=1S/C18H27N5O2/c1-3-16-19-9-14(10-20-16)21-18(25)13-8-17(24)23(11-13)12-15-6-5-7-22(15)4-2/h9-10,13,15H,3-8,11-12H2,1-2H3,(H,21,25)/t13-,15+/m0/s1. The van der Waals surface area contributed by atoms with Crippen LogP contribution in [0.3, 0.4) is 0 Å². The van der Waals surface area contributed by atoms with Crippen LogP contribution in [0.25, 0.3) is 0 Å². The van der Waals surface area contributed by atoms with Gasteiger partial charge in [0.1, 0.15) is 5.82 Å². The Morgan fingerprint density at radius 3 is 2.76 bits per heavy atom. The van der Waals surface area contributed by atoms with Crippen molar-refractivity contribution in [1.29, 1.82) is 0 Å². The maximum atomic E-state index is 12.5. The van der Waals surface area contributed by atoms with Crippen LogP contribution in [0.4, 0.5) is 5.69 Å². The van der Waals surface area contributed by atoms with Crippen molar-refractivity contribution < 1.29 is 9.59 Å². The molecule has 25 heavy (non-hydrogen) atoms. The third-order valence-corrected chi connectivity index (χ3v) is 5.21. The van der Waals surface area contributed by atoms with E-state index in [1.807, 2.05) is 11.8 Å². The average Bonchev–Trinajstić information content (AvgIpc) is 3.22. The Kier molecular flexibility index (Phi) is 5.63. The SMILES string of the molecule is CCc1ncc(NC(=O)[C@H]2CC(=O)N(C[C@H]3CCCN3CC)C2)cn1. The Hall–Kier alpha value is -2.02. The predicted molar refractivity (Wildman–Crippen MR) is 95.0 cm³/mol. The van der Waals surface area contributed by atoms with Crippen molar-refractivity contribution >= 4 is 17.5 Å². The van der Waals surface area contributed by atoms with E-state index < -0.39 is 0 Å². The van der Waals surface area contributed by atoms with Crippen LogP contribution in [0.5, 0.6) is 0 Å². The molecule has 0 bridgehead atoms. The molecular weight excluding hydrogens is 318 g/mol. The van der Waals surface area contributed by atoms with Gasteiger partial charge in [-0.25, -0.2) is 9.97 Å². The van der Waals surface area contributed by atoms with E-state index in [9.17, 15) is 9.59 Å². The highest BCUT2D eigenvalue weighted by molar-refractivity contribution is 5.97. The quantitative estimate of drug-likeness (QED) is 0.841. The number of amides is 2. The molecule has 1 aromatic heterocycles. The van der Waals surface area contributed by atoms with E-state index in [0.29, 0.717) is 24.7 Å². The van der Waals surface area contributed by atoms with Crippen molar-refractivity contribution in [2.75, 3.05) is 31.5 Å². The third-order valence-electron chi connectivity index (χ3n) is 5.21. The highest BCUT2D eigenvalue weighted by atomic mass is 16.2. The molecule has 2 atom stereocenters. The van der Waals surface area contributed by atoms with E-state index in [1.165, 1.54) is 6.42 Å². The summed E-state index contributed by atoms with van der Waals surface area (Å²) in [6, 6.07) is 0.436. The first-order valence-electron chi connectivity index (χ1n) is 9.24. The number of likely N-dealkylation sites (N-methyl/N-ethyl adjacent to an activating group) is 1. The van der Waals surface area contributed by atoms with Crippen LogP contribution in [-0.2, 0) is 16.0 Å². The molecule has 1 aromatic rings. The lowest BCUT2D eigenvalue weighted by atomic mass is 10.1. The molecule has 7 nitrogen and oxygen atoms in total. The molecule has 3 rings (SSSR count). The normalized spacial score (nSPS) is 24.1. The van der Waals surface area contributed by atoms with Crippen molar-refractivity contribution in [2.24, 2.45) is 5.92 Å². The largest absolute Gasteiger partial charge is 0.340 e. The molecule has 0 radical (unpaired) electrons. The zero-order valence-corrected chi connectivity index (χ0v) is 15.1. The van der Waals surface area contributed by atoms with Crippen LogP contribution in [0.2, 0.25) is 0 Å². The monoisotopic (exact) mass is 345 g/mol. The minimum atomic E-state index is -0.296. The molecule has 7 heteroatoms. The fourth-order valence-corrected chi connectivity index (χ4v) is 3.74. The fourth-order valence-electron chi connectivity index (χ4n) is 3.74. The van der Waals surface area contributed by atoms with Gasteiger partial charge in [-0.1, -0.05) is 13.8 Å². The van der Waals surface area contributed by atoms with Gasteiger partial charge in [-0.15, -0.1) is 0 Å². The van der Waals surface area contributed by atoms with Gasteiger partial charge in [0.25, 0.3) is 0 Å². The minimum Gasteiger partial charge on any atom is -0.340 e. The molecule has 0 spiro atoms. The van der Waals surface area contributed by atoms with Gasteiger partial charge in [0.15, 0.2) is 0 Å². The highest BCUT2D eigenvalue weighted by Gasteiger charge is 2.36. The van der Waals surface area contributed by atoms with Crippen LogP contribution in [0, 0.1) is 5.92 Å². The number of rotatable bonds is 6. The molecule has 2 aliphatic rings. The van der Waals surface area contributed by atoms with E-state index in [0.717, 1.165) is 38.3 Å². The predicted octanol–water partition coefficient (Wildman–Crippen LogP) is 1.31. The lowest BCUT2D eigenvalue weighted by Gasteiger charge is -2.27. The average molecular weight is 345 g/mol. The van der Waals surface area contributed by atoms with Crippen LogP contribution in [0.1, 0.15) is 38.9 Å². The Bertz CT molecular complexity index is 618. The Labute approximate surface area is 148 Å². The van der Waals surface area contributed by atoms with Gasteiger partial charge in [0, 0.05) is 32.0 Å². The van der Waals surface area contributed by atoms with E-state index in [4.69, 9.17) is 0 Å². The number of hydrogen-bond donors (Lipinski definition) is 1. The Morgan fingerprint density at radius 1 is 1.32 bits per heavy atom. The van der Waals surface area contributed by atoms with E-state index in [2.05, 4.69) is 27.1 Å². The summed E-state index contributed by atoms with van der Waals surface area (Å²) in [7, 11) is 0. The van der Waals surface area contributed by atoms with Gasteiger partial charge >= 0.3 is 0 Å². The summed E-state index contributed by atoms with van der Waals surface area (Å²) in [5.41, 5.74) is 0.584. The molecule has 2 saturated heterocycles. The zero-order chi connectivity index (χ0) is 17.8. The summed E-state index contributed by atoms with van der Waals surface area (Å²) < 4.78 is 0. The molecular formula is C18H27N5O2. The molecule has 0 saturated carbocycles. The number of carbonyl (C=O) groups excluding carboxylic acids is 2. The number of aryl methyl sites for hydroxylation is 1. The van der Waals surface area contributed by atoms with Crippen LogP contribution >= 0.6 is 0 Å². The van der Waals surface area contributed by atoms with Gasteiger partial charge < -0.3 is 10.2 Å². The summed E-state index contributed by atoms with van der Waals surface area (Å²) in [6.45, 7) is 7.52. The van der Waals surface area contributed by atoms with Gasteiger partial charge in [-0.2, -0.15) is 0 Å². The lowest BCUT2D eigenvalue weighted by molar-refractivity contribution is -0.128. The first-order valence-corrected chi connectivity index (χ1v) is 9.24. The number of carbonyl (C=O) groups is 2. The Morgan fingerprint density at radius 2 is 2.08 bits per heavy atom. The molecule has 3 heterocycles. The summed E-state index contributed by atoms with van der Waals surface area (Å²) in [4.78, 5) is 37.4. The van der Waals surface area contributed by atoms with Gasteiger partial charge in [0.05, 0.1) is 24.0 Å². The van der Waals surface area contributed by atoms with Gasteiger partial charge in [-0.3, -0.25) is 14.5 Å². The molecule has 2 amide bonds. The van der Waals surface area contributed by atoms with Gasteiger partial charge in [0.2, 0.25) is 11.8 Å². The second-order valence-corrected chi connectivity index (χ2v) is 6.86. The molecule has 136 valence electrons. The van der Waals surface area contributed by atoms with E-state index in [-0.39, 0.29) is 17.7 Å². The highest BCUT2D eigenvalue weighted by Crippen LogP contribution is 2.24. The van der Waals surface area contributed by atoms with Crippen molar-refractivity contribution in [3.63, 3.8) is 0 Å². The maximum Gasteiger partial charge on any atom is 0.229 e. The molecule has 2 fully saturated rings. The van der Waals surface area contributed by atoms with Crippen molar-refractivity contribution in [1.82, 2.24) is 19.8 Å². The smallest absolute Gasteiger partial charge is 0.229 e. The molecule has 0 aliphatic carbocycles. The number of anilines is 1. The van der Waals surface area contributed by atoms with E-state index in [1.54, 1.807) is 12.4 Å². The van der Waals surface area contributed by atoms with Gasteiger partial charge in [-0.05, 0) is 25.9 Å².